The Bertz CT molecular complexity index is 879. The zero-order chi connectivity index (χ0) is 20.3. The van der Waals surface area contributed by atoms with E-state index in [1.165, 1.54) is 28.8 Å². The van der Waals surface area contributed by atoms with Crippen LogP contribution in [-0.2, 0) is 4.79 Å². The average Bonchev–Trinajstić information content (AvgIpc) is 3.13. The van der Waals surface area contributed by atoms with E-state index in [0.29, 0.717) is 21.9 Å². The number of halogens is 2. The molecule has 1 aliphatic heterocycles. The summed E-state index contributed by atoms with van der Waals surface area (Å²) in [6.45, 7) is 3.90. The number of hydrogen-bond acceptors (Lipinski definition) is 3. The Morgan fingerprint density at radius 2 is 2.04 bits per heavy atom. The van der Waals surface area contributed by atoms with Crippen LogP contribution in [0, 0.1) is 5.82 Å². The highest BCUT2D eigenvalue weighted by atomic mass is 35.5. The van der Waals surface area contributed by atoms with Gasteiger partial charge in [-0.05, 0) is 43.2 Å². The highest BCUT2D eigenvalue weighted by molar-refractivity contribution is 7.99. The molecule has 148 valence electrons. The molecule has 0 unspecified atom stereocenters. The van der Waals surface area contributed by atoms with Crippen molar-refractivity contribution in [2.24, 2.45) is 0 Å². The summed E-state index contributed by atoms with van der Waals surface area (Å²) in [5.41, 5.74) is 0.971. The molecule has 2 aromatic rings. The molecule has 0 bridgehead atoms. The minimum absolute atomic E-state index is 0.00276. The van der Waals surface area contributed by atoms with Gasteiger partial charge in [0.2, 0.25) is 5.91 Å². The van der Waals surface area contributed by atoms with Crippen molar-refractivity contribution in [2.75, 3.05) is 5.75 Å². The van der Waals surface area contributed by atoms with Crippen LogP contribution in [0.2, 0.25) is 5.02 Å². The van der Waals surface area contributed by atoms with Crippen molar-refractivity contribution < 1.29 is 14.0 Å². The quantitative estimate of drug-likeness (QED) is 0.765. The molecule has 4 nitrogen and oxygen atoms in total. The third-order valence-corrected chi connectivity index (χ3v) is 6.43. The van der Waals surface area contributed by atoms with Crippen molar-refractivity contribution in [3.05, 3.63) is 70.5 Å². The van der Waals surface area contributed by atoms with Crippen LogP contribution in [0.25, 0.3) is 0 Å². The molecule has 1 fully saturated rings. The van der Waals surface area contributed by atoms with Crippen LogP contribution < -0.4 is 5.32 Å². The van der Waals surface area contributed by atoms with Crippen molar-refractivity contribution >= 4 is 35.2 Å². The maximum Gasteiger partial charge on any atom is 0.257 e. The van der Waals surface area contributed by atoms with Crippen molar-refractivity contribution in [3.8, 4) is 0 Å². The van der Waals surface area contributed by atoms with Crippen molar-refractivity contribution in [3.63, 3.8) is 0 Å². The Morgan fingerprint density at radius 3 is 2.71 bits per heavy atom. The summed E-state index contributed by atoms with van der Waals surface area (Å²) in [6.07, 6.45) is 0.789. The molecule has 0 saturated carbocycles. The number of nitrogens with zero attached hydrogens (tertiary/aromatic N) is 1. The van der Waals surface area contributed by atoms with Crippen LogP contribution in [0.3, 0.4) is 0 Å². The van der Waals surface area contributed by atoms with Gasteiger partial charge in [0, 0.05) is 11.8 Å². The van der Waals surface area contributed by atoms with E-state index in [-0.39, 0.29) is 23.7 Å². The first-order valence-electron chi connectivity index (χ1n) is 9.17. The summed E-state index contributed by atoms with van der Waals surface area (Å²) in [5.74, 6) is -0.495. The maximum atomic E-state index is 13.8. The fourth-order valence-electron chi connectivity index (χ4n) is 3.09. The Labute approximate surface area is 173 Å². The van der Waals surface area contributed by atoms with Crippen LogP contribution in [0.15, 0.2) is 48.5 Å². The van der Waals surface area contributed by atoms with Crippen LogP contribution in [0.5, 0.6) is 0 Å². The Kier molecular flexibility index (Phi) is 6.62. The second kappa shape index (κ2) is 8.97. The Morgan fingerprint density at radius 1 is 1.29 bits per heavy atom. The van der Waals surface area contributed by atoms with Gasteiger partial charge in [-0.1, -0.05) is 42.8 Å². The standard InChI is InChI=1S/C21H22ClFN2O2S/c1-3-13(2)24-19(26)18-12-28-21(14-7-6-8-15(23)11-14)25(18)20(27)16-9-4-5-10-17(16)22/h4-11,13,18,21H,3,12H2,1-2H3,(H,24,26)/t13-,18-,21+/m0/s1. The van der Waals surface area contributed by atoms with Gasteiger partial charge < -0.3 is 10.2 Å². The molecule has 3 atom stereocenters. The maximum absolute atomic E-state index is 13.8. The molecular weight excluding hydrogens is 399 g/mol. The summed E-state index contributed by atoms with van der Waals surface area (Å²) in [6, 6.07) is 12.2. The van der Waals surface area contributed by atoms with E-state index in [9.17, 15) is 14.0 Å². The molecule has 28 heavy (non-hydrogen) atoms. The lowest BCUT2D eigenvalue weighted by atomic mass is 10.1. The molecule has 2 amide bonds. The van der Waals surface area contributed by atoms with Crippen molar-refractivity contribution in [1.82, 2.24) is 10.2 Å². The lowest BCUT2D eigenvalue weighted by Crippen LogP contribution is -2.50. The molecular formula is C21H22ClFN2O2S. The summed E-state index contributed by atoms with van der Waals surface area (Å²) < 4.78 is 13.8. The number of benzene rings is 2. The predicted octanol–water partition coefficient (Wildman–Crippen LogP) is 4.65. The summed E-state index contributed by atoms with van der Waals surface area (Å²) in [4.78, 5) is 27.8. The Balaban J connectivity index is 1.98. The number of amides is 2. The van der Waals surface area contributed by atoms with E-state index in [1.807, 2.05) is 13.8 Å². The zero-order valence-electron chi connectivity index (χ0n) is 15.7. The summed E-state index contributed by atoms with van der Waals surface area (Å²) >= 11 is 7.68. The Hall–Kier alpha value is -2.05. The molecule has 0 aromatic heterocycles. The lowest BCUT2D eigenvalue weighted by molar-refractivity contribution is -0.125. The third kappa shape index (κ3) is 4.33. The van der Waals surface area contributed by atoms with Gasteiger partial charge in [0.25, 0.3) is 5.91 Å². The molecule has 3 rings (SSSR count). The van der Waals surface area contributed by atoms with Gasteiger partial charge in [-0.15, -0.1) is 11.8 Å². The van der Waals surface area contributed by atoms with Gasteiger partial charge in [0.15, 0.2) is 0 Å². The van der Waals surface area contributed by atoms with E-state index in [0.717, 1.165) is 6.42 Å². The van der Waals surface area contributed by atoms with Crippen LogP contribution in [0.1, 0.15) is 41.6 Å². The first-order valence-corrected chi connectivity index (χ1v) is 10.6. The van der Waals surface area contributed by atoms with E-state index >= 15 is 0 Å². The minimum Gasteiger partial charge on any atom is -0.352 e. The molecule has 2 aromatic carbocycles. The van der Waals surface area contributed by atoms with Gasteiger partial charge >= 0.3 is 0 Å². The minimum atomic E-state index is -0.656. The summed E-state index contributed by atoms with van der Waals surface area (Å²) in [5, 5.41) is 2.81. The molecule has 0 spiro atoms. The molecule has 1 saturated heterocycles. The fourth-order valence-corrected chi connectivity index (χ4v) is 4.72. The summed E-state index contributed by atoms with van der Waals surface area (Å²) in [7, 11) is 0. The highest BCUT2D eigenvalue weighted by Crippen LogP contribution is 2.43. The van der Waals surface area contributed by atoms with E-state index in [2.05, 4.69) is 5.32 Å². The zero-order valence-corrected chi connectivity index (χ0v) is 17.3. The largest absolute Gasteiger partial charge is 0.352 e. The number of carbonyl (C=O) groups is 2. The third-order valence-electron chi connectivity index (χ3n) is 4.78. The van der Waals surface area contributed by atoms with Gasteiger partial charge in [0.1, 0.15) is 17.2 Å². The van der Waals surface area contributed by atoms with Crippen LogP contribution in [0.4, 0.5) is 4.39 Å². The van der Waals surface area contributed by atoms with E-state index in [4.69, 9.17) is 11.6 Å². The van der Waals surface area contributed by atoms with Gasteiger partial charge in [-0.2, -0.15) is 0 Å². The molecule has 1 N–H and O–H groups in total. The molecule has 7 heteroatoms. The second-order valence-electron chi connectivity index (χ2n) is 6.77. The number of rotatable bonds is 5. The second-order valence-corrected chi connectivity index (χ2v) is 8.29. The molecule has 1 aliphatic rings. The van der Waals surface area contributed by atoms with Gasteiger partial charge in [-0.3, -0.25) is 9.59 Å². The average molecular weight is 421 g/mol. The topological polar surface area (TPSA) is 49.4 Å². The van der Waals surface area contributed by atoms with Crippen LogP contribution >= 0.6 is 23.4 Å². The number of hydrogen-bond donors (Lipinski definition) is 1. The van der Waals surface area contributed by atoms with E-state index < -0.39 is 11.4 Å². The fraction of sp³-hybridized carbons (Fsp3) is 0.333. The van der Waals surface area contributed by atoms with Gasteiger partial charge in [-0.25, -0.2) is 4.39 Å². The molecule has 0 aliphatic carbocycles. The lowest BCUT2D eigenvalue weighted by Gasteiger charge is -2.30. The highest BCUT2D eigenvalue weighted by Gasteiger charge is 2.43. The van der Waals surface area contributed by atoms with Crippen molar-refractivity contribution in [1.29, 1.82) is 0 Å². The molecule has 0 radical (unpaired) electrons. The van der Waals surface area contributed by atoms with Crippen LogP contribution in [-0.4, -0.2) is 34.6 Å². The van der Waals surface area contributed by atoms with Crippen molar-refractivity contribution in [2.45, 2.75) is 37.7 Å². The predicted molar refractivity (Wildman–Crippen MR) is 111 cm³/mol. The SMILES string of the molecule is CC[C@H](C)NC(=O)[C@@H]1CS[C@H](c2cccc(F)c2)N1C(=O)c1ccccc1Cl. The first kappa shape index (κ1) is 20.7. The van der Waals surface area contributed by atoms with E-state index in [1.54, 1.807) is 36.4 Å². The first-order chi connectivity index (χ1) is 13.4. The normalized spacial score (nSPS) is 20.1. The molecule has 1 heterocycles. The number of nitrogens with one attached hydrogen (secondary N) is 1. The number of carbonyl (C=O) groups excluding carboxylic acids is 2. The number of thioether (sulfide) groups is 1. The van der Waals surface area contributed by atoms with Gasteiger partial charge in [0.05, 0.1) is 10.6 Å². The monoisotopic (exact) mass is 420 g/mol. The smallest absolute Gasteiger partial charge is 0.257 e.